The minimum atomic E-state index is -0.436. The third-order valence-corrected chi connectivity index (χ3v) is 2.28. The van der Waals surface area contributed by atoms with Crippen molar-refractivity contribution < 1.29 is 14.3 Å². The van der Waals surface area contributed by atoms with E-state index in [-0.39, 0.29) is 6.09 Å². The van der Waals surface area contributed by atoms with Gasteiger partial charge in [-0.1, -0.05) is 0 Å². The average Bonchev–Trinajstić information content (AvgIpc) is 2.19. The minimum Gasteiger partial charge on any atom is -0.420 e. The van der Waals surface area contributed by atoms with Crippen LogP contribution in [0.5, 0.6) is 0 Å². The fourth-order valence-electron chi connectivity index (χ4n) is 1.56. The number of nitrogens with zero attached hydrogens (tertiary/aromatic N) is 1. The molecular weight excluding hydrogens is 182 g/mol. The highest BCUT2D eigenvalue weighted by Gasteiger charge is 2.19. The van der Waals surface area contributed by atoms with Crippen molar-refractivity contribution in [1.82, 2.24) is 4.90 Å². The number of hydrogen-bond acceptors (Lipinski definition) is 3. The van der Waals surface area contributed by atoms with E-state index >= 15 is 0 Å². The van der Waals surface area contributed by atoms with Crippen LogP contribution < -0.4 is 0 Å². The summed E-state index contributed by atoms with van der Waals surface area (Å²) in [6.07, 6.45) is 2.70. The minimum absolute atomic E-state index is 0.245. The van der Waals surface area contributed by atoms with Crippen LogP contribution in [0.25, 0.3) is 0 Å². The zero-order valence-corrected chi connectivity index (χ0v) is 8.99. The van der Waals surface area contributed by atoms with Crippen molar-refractivity contribution in [1.29, 1.82) is 0 Å². The first kappa shape index (κ1) is 11.3. The summed E-state index contributed by atoms with van der Waals surface area (Å²) in [4.78, 5) is 13.3. The molecule has 0 spiro atoms. The Labute approximate surface area is 85.2 Å². The van der Waals surface area contributed by atoms with E-state index in [2.05, 4.69) is 0 Å². The summed E-state index contributed by atoms with van der Waals surface area (Å²) in [5, 5.41) is 0. The molecule has 1 heterocycles. The normalized spacial score (nSPS) is 19.1. The molecule has 0 saturated carbocycles. The summed E-state index contributed by atoms with van der Waals surface area (Å²) in [7, 11) is 0. The van der Waals surface area contributed by atoms with Crippen LogP contribution in [0.15, 0.2) is 0 Å². The molecule has 0 N–H and O–H groups in total. The third kappa shape index (κ3) is 3.54. The van der Waals surface area contributed by atoms with Gasteiger partial charge in [-0.2, -0.15) is 0 Å². The van der Waals surface area contributed by atoms with Crippen LogP contribution in [0.3, 0.4) is 0 Å². The first-order chi connectivity index (χ1) is 6.74. The van der Waals surface area contributed by atoms with Crippen LogP contribution in [0.4, 0.5) is 4.79 Å². The van der Waals surface area contributed by atoms with Gasteiger partial charge in [-0.3, -0.25) is 0 Å². The van der Waals surface area contributed by atoms with Gasteiger partial charge in [0.2, 0.25) is 6.29 Å². The molecule has 1 atom stereocenters. The Hall–Kier alpha value is -0.770. The second-order valence-corrected chi connectivity index (χ2v) is 3.45. The lowest BCUT2D eigenvalue weighted by Gasteiger charge is -2.27. The fourth-order valence-corrected chi connectivity index (χ4v) is 1.56. The van der Waals surface area contributed by atoms with Gasteiger partial charge in [-0.25, -0.2) is 4.79 Å². The molecule has 4 nitrogen and oxygen atoms in total. The molecule has 4 heteroatoms. The lowest BCUT2D eigenvalue weighted by Crippen LogP contribution is -2.38. The quantitative estimate of drug-likeness (QED) is 0.655. The van der Waals surface area contributed by atoms with E-state index in [4.69, 9.17) is 9.47 Å². The van der Waals surface area contributed by atoms with Gasteiger partial charge in [0.1, 0.15) is 0 Å². The number of carbonyl (C=O) groups excluding carboxylic acids is 1. The number of hydrogen-bond donors (Lipinski definition) is 0. The molecule has 1 fully saturated rings. The summed E-state index contributed by atoms with van der Waals surface area (Å²) in [6.45, 7) is 5.82. The van der Waals surface area contributed by atoms with Crippen LogP contribution in [0.1, 0.15) is 33.1 Å². The van der Waals surface area contributed by atoms with Crippen LogP contribution in [0.2, 0.25) is 0 Å². The highest BCUT2D eigenvalue weighted by Crippen LogP contribution is 2.10. The lowest BCUT2D eigenvalue weighted by atomic mass is 10.1. The Bertz CT molecular complexity index is 178. The van der Waals surface area contributed by atoms with Crippen molar-refractivity contribution in [3.63, 3.8) is 0 Å². The first-order valence-corrected chi connectivity index (χ1v) is 5.31. The predicted molar refractivity (Wildman–Crippen MR) is 53.0 cm³/mol. The van der Waals surface area contributed by atoms with E-state index in [0.717, 1.165) is 25.9 Å². The number of carbonyl (C=O) groups is 1. The fraction of sp³-hybridized carbons (Fsp3) is 0.900. The summed E-state index contributed by atoms with van der Waals surface area (Å²) in [6, 6.07) is 0. The summed E-state index contributed by atoms with van der Waals surface area (Å²) in [5.74, 6) is 0. The maximum absolute atomic E-state index is 11.5. The zero-order chi connectivity index (χ0) is 10.4. The van der Waals surface area contributed by atoms with E-state index in [1.165, 1.54) is 6.42 Å². The van der Waals surface area contributed by atoms with E-state index in [1.807, 2.05) is 6.92 Å². The SMILES string of the molecule is CCOC(C)OC(=O)N1CCCCC1. The summed E-state index contributed by atoms with van der Waals surface area (Å²) >= 11 is 0. The number of likely N-dealkylation sites (tertiary alicyclic amines) is 1. The van der Waals surface area contributed by atoms with Crippen molar-refractivity contribution in [3.05, 3.63) is 0 Å². The molecule has 0 aliphatic carbocycles. The maximum atomic E-state index is 11.5. The molecule has 0 aromatic rings. The highest BCUT2D eigenvalue weighted by atomic mass is 16.7. The molecule has 82 valence electrons. The van der Waals surface area contributed by atoms with Gasteiger partial charge in [0.25, 0.3) is 0 Å². The summed E-state index contributed by atoms with van der Waals surface area (Å²) in [5.41, 5.74) is 0. The second-order valence-electron chi connectivity index (χ2n) is 3.45. The number of ether oxygens (including phenoxy) is 2. The molecule has 1 aliphatic rings. The van der Waals surface area contributed by atoms with E-state index in [1.54, 1.807) is 11.8 Å². The Morgan fingerprint density at radius 1 is 1.36 bits per heavy atom. The van der Waals surface area contributed by atoms with E-state index in [0.29, 0.717) is 6.61 Å². The topological polar surface area (TPSA) is 38.8 Å². The highest BCUT2D eigenvalue weighted by molar-refractivity contribution is 5.67. The van der Waals surface area contributed by atoms with Crippen molar-refractivity contribution in [2.24, 2.45) is 0 Å². The molecule has 0 aromatic carbocycles. The predicted octanol–water partition coefficient (Wildman–Crippen LogP) is 1.99. The molecule has 1 unspecified atom stereocenters. The standard InChI is InChI=1S/C10H19NO3/c1-3-13-9(2)14-10(12)11-7-5-4-6-8-11/h9H,3-8H2,1-2H3. The van der Waals surface area contributed by atoms with Gasteiger partial charge >= 0.3 is 6.09 Å². The molecular formula is C10H19NO3. The van der Waals surface area contributed by atoms with Gasteiger partial charge in [-0.05, 0) is 33.1 Å². The van der Waals surface area contributed by atoms with Crippen LogP contribution in [-0.4, -0.2) is 37.0 Å². The van der Waals surface area contributed by atoms with Gasteiger partial charge in [0.05, 0.1) is 0 Å². The molecule has 1 aliphatic heterocycles. The van der Waals surface area contributed by atoms with Crippen LogP contribution in [0, 0.1) is 0 Å². The molecule has 1 rings (SSSR count). The first-order valence-electron chi connectivity index (χ1n) is 5.31. The van der Waals surface area contributed by atoms with Crippen LogP contribution in [-0.2, 0) is 9.47 Å². The molecule has 0 bridgehead atoms. The van der Waals surface area contributed by atoms with Gasteiger partial charge < -0.3 is 14.4 Å². The second kappa shape index (κ2) is 5.86. The smallest absolute Gasteiger partial charge is 0.412 e. The number of piperidine rings is 1. The van der Waals surface area contributed by atoms with E-state index in [9.17, 15) is 4.79 Å². The van der Waals surface area contributed by atoms with Crippen molar-refractivity contribution in [2.75, 3.05) is 19.7 Å². The Morgan fingerprint density at radius 2 is 2.00 bits per heavy atom. The maximum Gasteiger partial charge on any atom is 0.412 e. The Kier molecular flexibility index (Phi) is 4.73. The van der Waals surface area contributed by atoms with Crippen molar-refractivity contribution >= 4 is 6.09 Å². The van der Waals surface area contributed by atoms with Crippen molar-refractivity contribution in [3.8, 4) is 0 Å². The molecule has 14 heavy (non-hydrogen) atoms. The largest absolute Gasteiger partial charge is 0.420 e. The van der Waals surface area contributed by atoms with Crippen molar-refractivity contribution in [2.45, 2.75) is 39.4 Å². The Balaban J connectivity index is 2.25. The van der Waals surface area contributed by atoms with Crippen LogP contribution >= 0.6 is 0 Å². The number of amides is 1. The Morgan fingerprint density at radius 3 is 2.57 bits per heavy atom. The average molecular weight is 201 g/mol. The third-order valence-electron chi connectivity index (χ3n) is 2.28. The lowest BCUT2D eigenvalue weighted by molar-refractivity contribution is -0.0961. The molecule has 0 radical (unpaired) electrons. The monoisotopic (exact) mass is 201 g/mol. The zero-order valence-electron chi connectivity index (χ0n) is 8.99. The molecule has 1 saturated heterocycles. The van der Waals surface area contributed by atoms with Gasteiger partial charge in [0.15, 0.2) is 0 Å². The van der Waals surface area contributed by atoms with Gasteiger partial charge in [-0.15, -0.1) is 0 Å². The number of rotatable bonds is 3. The van der Waals surface area contributed by atoms with E-state index < -0.39 is 6.29 Å². The summed E-state index contributed by atoms with van der Waals surface area (Å²) < 4.78 is 10.2. The molecule has 0 aromatic heterocycles. The molecule has 1 amide bonds. The van der Waals surface area contributed by atoms with Gasteiger partial charge in [0, 0.05) is 19.7 Å².